The van der Waals surface area contributed by atoms with Gasteiger partial charge in [-0.05, 0) is 26.2 Å². The maximum Gasteiger partial charge on any atom is 0.333 e. The Morgan fingerprint density at radius 1 is 0.731 bits per heavy atom. The fraction of sp³-hybridized carbons (Fsp3) is 0.684. The minimum absolute atomic E-state index is 0.209. The van der Waals surface area contributed by atoms with Crippen LogP contribution in [0.4, 0.5) is 0 Å². The van der Waals surface area contributed by atoms with Gasteiger partial charge in [-0.3, -0.25) is 0 Å². The molecule has 1 unspecified atom stereocenters. The van der Waals surface area contributed by atoms with E-state index in [2.05, 4.69) is 20.1 Å². The van der Waals surface area contributed by atoms with Crippen molar-refractivity contribution in [3.8, 4) is 0 Å². The molecule has 0 aliphatic carbocycles. The summed E-state index contributed by atoms with van der Waals surface area (Å²) in [4.78, 5) is 22.3. The molecule has 7 nitrogen and oxygen atoms in total. The third-order valence-corrected chi connectivity index (χ3v) is 3.15. The van der Waals surface area contributed by atoms with Crippen LogP contribution in [0.5, 0.6) is 0 Å². The topological polar surface area (TPSA) is 80.3 Å². The number of esters is 2. The lowest BCUT2D eigenvalue weighted by atomic mass is 10.1. The first kappa shape index (κ1) is 24.3. The van der Waals surface area contributed by atoms with Gasteiger partial charge in [-0.15, -0.1) is 0 Å². The molecular weight excluding hydrogens is 340 g/mol. The first-order chi connectivity index (χ1) is 12.3. The van der Waals surface area contributed by atoms with Crippen LogP contribution in [0.1, 0.15) is 27.2 Å². The Kier molecular flexibility index (Phi) is 14.5. The molecule has 0 fully saturated rings. The number of rotatable bonds is 16. The van der Waals surface area contributed by atoms with Crippen molar-refractivity contribution >= 4 is 11.9 Å². The van der Waals surface area contributed by atoms with E-state index in [0.29, 0.717) is 56.7 Å². The zero-order chi connectivity index (χ0) is 19.8. The van der Waals surface area contributed by atoms with Gasteiger partial charge in [-0.2, -0.15) is 0 Å². The second-order valence-corrected chi connectivity index (χ2v) is 6.03. The van der Waals surface area contributed by atoms with Crippen LogP contribution < -0.4 is 0 Å². The molecule has 0 rings (SSSR count). The van der Waals surface area contributed by atoms with Crippen molar-refractivity contribution in [3.05, 3.63) is 24.3 Å². The summed E-state index contributed by atoms with van der Waals surface area (Å²) in [6.07, 6.45) is 0.853. The first-order valence-electron chi connectivity index (χ1n) is 8.73. The van der Waals surface area contributed by atoms with Crippen molar-refractivity contribution < 1.29 is 33.3 Å². The smallest absolute Gasteiger partial charge is 0.333 e. The van der Waals surface area contributed by atoms with E-state index in [9.17, 15) is 9.59 Å². The van der Waals surface area contributed by atoms with Crippen LogP contribution in [0, 0.1) is 5.92 Å². The highest BCUT2D eigenvalue weighted by atomic mass is 16.6. The lowest BCUT2D eigenvalue weighted by molar-refractivity contribution is -0.141. The van der Waals surface area contributed by atoms with E-state index in [1.54, 1.807) is 13.8 Å². The maximum absolute atomic E-state index is 11.1. The average molecular weight is 372 g/mol. The number of hydrogen-bond donors (Lipinski definition) is 0. The molecule has 7 heteroatoms. The van der Waals surface area contributed by atoms with Gasteiger partial charge in [0, 0.05) is 24.4 Å². The zero-order valence-electron chi connectivity index (χ0n) is 16.2. The van der Waals surface area contributed by atoms with Gasteiger partial charge >= 0.3 is 11.9 Å². The average Bonchev–Trinajstić information content (AvgIpc) is 2.59. The lowest BCUT2D eigenvalue weighted by Gasteiger charge is -2.12. The number of hydrogen-bond acceptors (Lipinski definition) is 7. The Morgan fingerprint density at radius 3 is 1.65 bits per heavy atom. The summed E-state index contributed by atoms with van der Waals surface area (Å²) in [5.41, 5.74) is 0.756. The summed E-state index contributed by atoms with van der Waals surface area (Å²) >= 11 is 0. The molecule has 0 N–H and O–H groups in total. The summed E-state index contributed by atoms with van der Waals surface area (Å²) in [7, 11) is 0. The van der Waals surface area contributed by atoms with Crippen LogP contribution in [-0.2, 0) is 33.3 Å². The van der Waals surface area contributed by atoms with E-state index in [1.807, 2.05) is 0 Å². The molecule has 0 aromatic heterocycles. The third kappa shape index (κ3) is 14.6. The summed E-state index contributed by atoms with van der Waals surface area (Å²) in [5.74, 6) is -0.453. The second-order valence-electron chi connectivity index (χ2n) is 6.03. The zero-order valence-corrected chi connectivity index (χ0v) is 16.2. The molecule has 0 saturated heterocycles. The molecule has 0 spiro atoms. The molecule has 0 aromatic rings. The number of ether oxygens (including phenoxy) is 5. The molecule has 0 bridgehead atoms. The highest BCUT2D eigenvalue weighted by molar-refractivity contribution is 5.87. The van der Waals surface area contributed by atoms with Gasteiger partial charge < -0.3 is 23.7 Å². The van der Waals surface area contributed by atoms with Crippen molar-refractivity contribution in [1.29, 1.82) is 0 Å². The number of carbonyl (C=O) groups is 2. The van der Waals surface area contributed by atoms with Crippen LogP contribution in [-0.4, -0.2) is 64.8 Å². The quantitative estimate of drug-likeness (QED) is 0.234. The van der Waals surface area contributed by atoms with E-state index >= 15 is 0 Å². The fourth-order valence-electron chi connectivity index (χ4n) is 1.61. The third-order valence-electron chi connectivity index (χ3n) is 3.15. The number of carbonyl (C=O) groups excluding carboxylic acids is 2. The first-order valence-corrected chi connectivity index (χ1v) is 8.73. The minimum Gasteiger partial charge on any atom is -0.460 e. The van der Waals surface area contributed by atoms with Crippen LogP contribution >= 0.6 is 0 Å². The Balaban J connectivity index is 3.35. The van der Waals surface area contributed by atoms with Crippen molar-refractivity contribution in [1.82, 2.24) is 0 Å². The van der Waals surface area contributed by atoms with E-state index in [1.165, 1.54) is 0 Å². The van der Waals surface area contributed by atoms with E-state index in [-0.39, 0.29) is 13.2 Å². The molecule has 150 valence electrons. The SMILES string of the molecule is C=C(C)C(=O)OCCOCCOCC(C)CCOCCOC(=O)C(=C)C. The lowest BCUT2D eigenvalue weighted by Crippen LogP contribution is -2.16. The molecule has 0 amide bonds. The largest absolute Gasteiger partial charge is 0.460 e. The summed E-state index contributed by atoms with van der Waals surface area (Å²) in [6, 6.07) is 0. The highest BCUT2D eigenvalue weighted by Gasteiger charge is 2.05. The predicted molar refractivity (Wildman–Crippen MR) is 97.8 cm³/mol. The van der Waals surface area contributed by atoms with Gasteiger partial charge in [0.1, 0.15) is 13.2 Å². The molecule has 26 heavy (non-hydrogen) atoms. The molecule has 0 heterocycles. The van der Waals surface area contributed by atoms with Crippen molar-refractivity contribution in [3.63, 3.8) is 0 Å². The molecule has 0 aliphatic rings. The Bertz CT molecular complexity index is 445. The van der Waals surface area contributed by atoms with Crippen LogP contribution in [0.2, 0.25) is 0 Å². The second kappa shape index (κ2) is 15.5. The van der Waals surface area contributed by atoms with Crippen molar-refractivity contribution in [2.75, 3.05) is 52.9 Å². The maximum atomic E-state index is 11.1. The van der Waals surface area contributed by atoms with Crippen LogP contribution in [0.25, 0.3) is 0 Å². The normalized spacial score (nSPS) is 11.7. The van der Waals surface area contributed by atoms with Crippen molar-refractivity contribution in [2.45, 2.75) is 27.2 Å². The molecule has 0 aromatic carbocycles. The Labute approximate surface area is 156 Å². The molecule has 1 atom stereocenters. The molecule has 0 saturated carbocycles. The van der Waals surface area contributed by atoms with E-state index in [4.69, 9.17) is 23.7 Å². The summed E-state index contributed by atoms with van der Waals surface area (Å²) < 4.78 is 26.0. The van der Waals surface area contributed by atoms with Crippen LogP contribution in [0.3, 0.4) is 0 Å². The Morgan fingerprint density at radius 2 is 1.15 bits per heavy atom. The highest BCUT2D eigenvalue weighted by Crippen LogP contribution is 2.03. The molecular formula is C19H32O7. The van der Waals surface area contributed by atoms with Gasteiger partial charge in [0.2, 0.25) is 0 Å². The van der Waals surface area contributed by atoms with Gasteiger partial charge in [-0.25, -0.2) is 9.59 Å². The minimum atomic E-state index is -0.408. The van der Waals surface area contributed by atoms with Gasteiger partial charge in [0.05, 0.1) is 26.4 Å². The molecule has 0 radical (unpaired) electrons. The fourth-order valence-corrected chi connectivity index (χ4v) is 1.61. The summed E-state index contributed by atoms with van der Waals surface area (Å²) in [6.45, 7) is 15.5. The predicted octanol–water partition coefficient (Wildman–Crippen LogP) is 2.30. The molecule has 0 aliphatic heterocycles. The van der Waals surface area contributed by atoms with E-state index in [0.717, 1.165) is 6.42 Å². The summed E-state index contributed by atoms with van der Waals surface area (Å²) in [5, 5.41) is 0. The van der Waals surface area contributed by atoms with E-state index < -0.39 is 11.9 Å². The standard InChI is InChI=1S/C19H32O7/c1-15(2)18(20)25-12-10-22-7-6-17(5)14-24-9-8-23-11-13-26-19(21)16(3)4/h17H,1,3,6-14H2,2,4-5H3. The van der Waals surface area contributed by atoms with Gasteiger partial charge in [0.15, 0.2) is 0 Å². The van der Waals surface area contributed by atoms with Gasteiger partial charge in [0.25, 0.3) is 0 Å². The van der Waals surface area contributed by atoms with Gasteiger partial charge in [-0.1, -0.05) is 20.1 Å². The van der Waals surface area contributed by atoms with Crippen LogP contribution in [0.15, 0.2) is 24.3 Å². The van der Waals surface area contributed by atoms with Crippen molar-refractivity contribution in [2.24, 2.45) is 5.92 Å². The monoisotopic (exact) mass is 372 g/mol. The Hall–Kier alpha value is -1.70.